The van der Waals surface area contributed by atoms with Gasteiger partial charge in [0.15, 0.2) is 0 Å². The summed E-state index contributed by atoms with van der Waals surface area (Å²) in [6.07, 6.45) is 1.60. The molecule has 1 spiro atoms. The first-order chi connectivity index (χ1) is 16.7. The number of fused-ring (bicyclic) bond motifs is 3. The number of hydrogen-bond donors (Lipinski definition) is 2. The van der Waals surface area contributed by atoms with Crippen LogP contribution in [0, 0.1) is 28.1 Å². The highest BCUT2D eigenvalue weighted by Gasteiger charge is 2.89. The van der Waals surface area contributed by atoms with Crippen molar-refractivity contribution in [2.75, 3.05) is 7.11 Å². The van der Waals surface area contributed by atoms with E-state index in [1.165, 1.54) is 19.6 Å². The van der Waals surface area contributed by atoms with Crippen LogP contribution < -0.4 is 0 Å². The Hall–Kier alpha value is -2.23. The van der Waals surface area contributed by atoms with Crippen LogP contribution >= 0.6 is 0 Å². The van der Waals surface area contributed by atoms with E-state index in [0.717, 1.165) is 0 Å². The fourth-order valence-corrected chi connectivity index (χ4v) is 9.30. The number of aliphatic hydroxyl groups is 2. The van der Waals surface area contributed by atoms with Gasteiger partial charge in [0.25, 0.3) is 0 Å². The molecule has 2 N–H and O–H groups in total. The summed E-state index contributed by atoms with van der Waals surface area (Å²) in [5.41, 5.74) is -7.76. The Morgan fingerprint density at radius 1 is 1.14 bits per heavy atom. The quantitative estimate of drug-likeness (QED) is 0.598. The summed E-state index contributed by atoms with van der Waals surface area (Å²) in [4.78, 5) is 39.7. The molecule has 2 saturated heterocycles. The molecule has 6 rings (SSSR count). The monoisotopic (exact) mass is 502 g/mol. The molecule has 3 bridgehead atoms. The molecule has 0 amide bonds. The zero-order valence-electron chi connectivity index (χ0n) is 21.3. The van der Waals surface area contributed by atoms with E-state index < -0.39 is 69.0 Å². The summed E-state index contributed by atoms with van der Waals surface area (Å²) in [6.45, 7) is 7.49. The molecule has 9 atom stereocenters. The summed E-state index contributed by atoms with van der Waals surface area (Å²) in [6, 6.07) is 1.70. The Morgan fingerprint density at radius 2 is 1.86 bits per heavy atom. The first kappa shape index (κ1) is 24.1. The average molecular weight is 503 g/mol. The summed E-state index contributed by atoms with van der Waals surface area (Å²) >= 11 is 0. The third-order valence-corrected chi connectivity index (χ3v) is 11.2. The molecule has 3 aliphatic carbocycles. The number of esters is 2. The lowest BCUT2D eigenvalue weighted by atomic mass is 9.35. The molecule has 5 fully saturated rings. The molecule has 2 aliphatic heterocycles. The van der Waals surface area contributed by atoms with Gasteiger partial charge in [0.1, 0.15) is 28.7 Å². The number of carbonyl (C=O) groups excluding carboxylic acids is 3. The summed E-state index contributed by atoms with van der Waals surface area (Å²) < 4.78 is 22.9. The van der Waals surface area contributed by atoms with E-state index in [-0.39, 0.29) is 37.9 Å². The van der Waals surface area contributed by atoms with Gasteiger partial charge in [0.2, 0.25) is 0 Å². The molecular formula is C27H34O9. The largest absolute Gasteiger partial charge is 0.472 e. The highest BCUT2D eigenvalue weighted by atomic mass is 16.6. The first-order valence-corrected chi connectivity index (χ1v) is 12.7. The van der Waals surface area contributed by atoms with Gasteiger partial charge in [-0.05, 0) is 43.6 Å². The normalized spacial score (nSPS) is 50.3. The van der Waals surface area contributed by atoms with Crippen LogP contribution in [0.25, 0.3) is 0 Å². The van der Waals surface area contributed by atoms with Gasteiger partial charge in [-0.25, -0.2) is 0 Å². The first-order valence-electron chi connectivity index (χ1n) is 12.7. The maximum absolute atomic E-state index is 14.1. The van der Waals surface area contributed by atoms with Crippen LogP contribution in [0.1, 0.15) is 71.5 Å². The minimum Gasteiger partial charge on any atom is -0.472 e. The van der Waals surface area contributed by atoms with E-state index in [1.807, 2.05) is 20.8 Å². The number of Topliss-reactive ketones (excluding diaryl/α,β-unsaturated/α-hetero) is 1. The number of furan rings is 1. The maximum atomic E-state index is 14.1. The SMILES string of the molecule is COC(=O)CC1C(C)(C)C2O[C@@]34CC2C(=O)[C@]1(C)[C@@]3(O)CC[C@@]1(C)C(c2ccoc2)OC(=O)C[C@@]41O. The molecule has 9 nitrogen and oxygen atoms in total. The van der Waals surface area contributed by atoms with Crippen LogP contribution in [0.2, 0.25) is 0 Å². The van der Waals surface area contributed by atoms with Crippen molar-refractivity contribution in [1.82, 2.24) is 0 Å². The van der Waals surface area contributed by atoms with Crippen molar-refractivity contribution in [3.8, 4) is 0 Å². The zero-order valence-corrected chi connectivity index (χ0v) is 21.3. The van der Waals surface area contributed by atoms with Gasteiger partial charge in [-0.2, -0.15) is 0 Å². The third kappa shape index (κ3) is 2.28. The van der Waals surface area contributed by atoms with Gasteiger partial charge < -0.3 is 28.8 Å². The topological polar surface area (TPSA) is 132 Å². The highest BCUT2D eigenvalue weighted by Crippen LogP contribution is 2.78. The fourth-order valence-electron chi connectivity index (χ4n) is 9.30. The molecule has 3 heterocycles. The second-order valence-electron chi connectivity index (χ2n) is 12.6. The predicted octanol–water partition coefficient (Wildman–Crippen LogP) is 2.48. The Bertz CT molecular complexity index is 1160. The van der Waals surface area contributed by atoms with Crippen LogP contribution in [-0.4, -0.2) is 58.0 Å². The second kappa shape index (κ2) is 6.79. The van der Waals surface area contributed by atoms with Crippen molar-refractivity contribution in [2.45, 2.75) is 88.8 Å². The van der Waals surface area contributed by atoms with Gasteiger partial charge in [0, 0.05) is 23.3 Å². The fraction of sp³-hybridized carbons (Fsp3) is 0.741. The van der Waals surface area contributed by atoms with Crippen molar-refractivity contribution in [1.29, 1.82) is 0 Å². The smallest absolute Gasteiger partial charge is 0.309 e. The lowest BCUT2D eigenvalue weighted by Crippen LogP contribution is -2.84. The number of cyclic esters (lactones) is 1. The van der Waals surface area contributed by atoms with Crippen LogP contribution in [0.5, 0.6) is 0 Å². The molecule has 196 valence electrons. The van der Waals surface area contributed by atoms with E-state index in [4.69, 9.17) is 18.6 Å². The van der Waals surface area contributed by atoms with Crippen molar-refractivity contribution >= 4 is 17.7 Å². The van der Waals surface area contributed by atoms with Crippen LogP contribution in [0.15, 0.2) is 23.0 Å². The molecule has 5 aliphatic rings. The van der Waals surface area contributed by atoms with E-state index in [2.05, 4.69) is 0 Å². The Kier molecular flexibility index (Phi) is 4.55. The van der Waals surface area contributed by atoms with Crippen molar-refractivity contribution in [2.24, 2.45) is 28.1 Å². The number of hydrogen-bond acceptors (Lipinski definition) is 9. The van der Waals surface area contributed by atoms with Gasteiger partial charge in [0.05, 0.1) is 37.6 Å². The van der Waals surface area contributed by atoms with Crippen molar-refractivity contribution in [3.05, 3.63) is 24.2 Å². The zero-order chi connectivity index (χ0) is 26.1. The van der Waals surface area contributed by atoms with Gasteiger partial charge in [-0.3, -0.25) is 14.4 Å². The van der Waals surface area contributed by atoms with Gasteiger partial charge >= 0.3 is 11.9 Å². The Balaban J connectivity index is 1.58. The van der Waals surface area contributed by atoms with Crippen molar-refractivity contribution < 1.29 is 43.2 Å². The van der Waals surface area contributed by atoms with Crippen molar-refractivity contribution in [3.63, 3.8) is 0 Å². The molecule has 3 saturated carbocycles. The molecule has 4 unspecified atom stereocenters. The Morgan fingerprint density at radius 3 is 2.50 bits per heavy atom. The number of carbonyl (C=O) groups is 3. The second-order valence-corrected chi connectivity index (χ2v) is 12.6. The molecule has 1 aromatic rings. The van der Waals surface area contributed by atoms with E-state index in [1.54, 1.807) is 13.0 Å². The third-order valence-electron chi connectivity index (χ3n) is 11.2. The van der Waals surface area contributed by atoms with Gasteiger partial charge in [-0.1, -0.05) is 20.8 Å². The number of methoxy groups -OCH3 is 1. The van der Waals surface area contributed by atoms with E-state index in [0.29, 0.717) is 5.56 Å². The summed E-state index contributed by atoms with van der Waals surface area (Å²) in [7, 11) is 1.30. The minimum atomic E-state index is -1.84. The van der Waals surface area contributed by atoms with Crippen LogP contribution in [-0.2, 0) is 28.6 Å². The average Bonchev–Trinajstić information content (AvgIpc) is 3.48. The summed E-state index contributed by atoms with van der Waals surface area (Å²) in [5.74, 6) is -2.39. The lowest BCUT2D eigenvalue weighted by molar-refractivity contribution is -0.358. The Labute approximate surface area is 209 Å². The number of rotatable bonds is 3. The molecule has 0 radical (unpaired) electrons. The molecule has 9 heteroatoms. The summed E-state index contributed by atoms with van der Waals surface area (Å²) in [5, 5.41) is 25.5. The number of ketones is 1. The lowest BCUT2D eigenvalue weighted by Gasteiger charge is -2.71. The molecule has 1 aromatic heterocycles. The van der Waals surface area contributed by atoms with Gasteiger partial charge in [-0.15, -0.1) is 0 Å². The molecule has 0 aromatic carbocycles. The number of ether oxygens (including phenoxy) is 3. The van der Waals surface area contributed by atoms with E-state index in [9.17, 15) is 24.6 Å². The van der Waals surface area contributed by atoms with Crippen LogP contribution in [0.4, 0.5) is 0 Å². The minimum absolute atomic E-state index is 0.0634. The van der Waals surface area contributed by atoms with Crippen LogP contribution in [0.3, 0.4) is 0 Å². The predicted molar refractivity (Wildman–Crippen MR) is 122 cm³/mol. The van der Waals surface area contributed by atoms with E-state index >= 15 is 0 Å². The highest BCUT2D eigenvalue weighted by molar-refractivity contribution is 5.93. The molecular weight excluding hydrogens is 468 g/mol. The standard InChI is InChI=1S/C27H34O9/c1-22(2)16(10-17(28)33-5)24(4)19(30)15-11-27(36-21(15)22)25(24,31)8-7-23(3)20(14-6-9-34-13-14)35-18(29)12-26(23,27)32/h6,9,13,15-16,20-21,31-32H,7-8,10-12H2,1-5H3/t15?,16?,20?,21?,23-,24+,25-,26-,27-/m0/s1. The maximum Gasteiger partial charge on any atom is 0.309 e. The molecule has 36 heavy (non-hydrogen) atoms.